The molecule has 0 bridgehead atoms. The molecule has 6 rings (SSSR count). The highest BCUT2D eigenvalue weighted by molar-refractivity contribution is 8.24. The Morgan fingerprint density at radius 2 is 1.09 bits per heavy atom. The van der Waals surface area contributed by atoms with Crippen molar-refractivity contribution in [1.29, 1.82) is 0 Å². The van der Waals surface area contributed by atoms with E-state index >= 15 is 0 Å². The molecule has 4 heterocycles. The summed E-state index contributed by atoms with van der Waals surface area (Å²) in [5, 5.41) is 15.7. The Hall–Kier alpha value is -1.45. The molecule has 2 saturated heterocycles. The van der Waals surface area contributed by atoms with Crippen LogP contribution in [0.2, 0.25) is 20.1 Å². The number of carbonyl (C=O) groups excluding carboxylic acids is 2. The van der Waals surface area contributed by atoms with E-state index in [1.807, 2.05) is 18.9 Å². The molecule has 384 valence electrons. The summed E-state index contributed by atoms with van der Waals surface area (Å²) in [7, 11) is 0. The maximum atomic E-state index is 13.1. The average molecular weight is 1150 g/mol. The van der Waals surface area contributed by atoms with Crippen molar-refractivity contribution in [2.24, 2.45) is 0 Å². The van der Waals surface area contributed by atoms with Crippen molar-refractivity contribution < 1.29 is 73.8 Å². The van der Waals surface area contributed by atoms with Gasteiger partial charge in [-0.15, -0.1) is 0 Å². The summed E-state index contributed by atoms with van der Waals surface area (Å²) in [5.74, 6) is -1.25. The van der Waals surface area contributed by atoms with E-state index in [2.05, 4.69) is 16.3 Å². The molecule has 0 aromatic heterocycles. The van der Waals surface area contributed by atoms with Crippen molar-refractivity contribution in [2.45, 2.75) is 84.4 Å². The molecule has 0 amide bonds. The predicted molar refractivity (Wildman–Crippen MR) is 259 cm³/mol. The Morgan fingerprint density at radius 1 is 0.706 bits per heavy atom. The minimum atomic E-state index is -4.58. The Labute approximate surface area is 426 Å². The number of hydrogen-bond donors (Lipinski definition) is 1. The molecule has 2 unspecified atom stereocenters. The van der Waals surface area contributed by atoms with Gasteiger partial charge in [-0.25, -0.2) is 9.59 Å². The molecule has 0 aliphatic carbocycles. The van der Waals surface area contributed by atoms with Crippen molar-refractivity contribution in [1.82, 2.24) is 10.1 Å². The first-order valence-corrected chi connectivity index (χ1v) is 28.8. The Morgan fingerprint density at radius 3 is 1.47 bits per heavy atom. The number of hydrogen-bond acceptors (Lipinski definition) is 14. The van der Waals surface area contributed by atoms with Gasteiger partial charge in [0.15, 0.2) is 29.3 Å². The van der Waals surface area contributed by atoms with Crippen molar-refractivity contribution in [3.63, 3.8) is 0 Å². The minimum absolute atomic E-state index is 0. The standard InChI is InChI=1S/C20H23Cl2F3NO5PS.C17H19Cl2NO4.C3H5ClF3OPS.CH4/c1-4-28-26-7-5-19(6-8-26)17(31-32(3,33)29-11-20(23,24)25)16(18(27)30-19)15-12(2)9-13(21)10-14(15)22;1-3-23-20-6-4-17(5-7-20)15(21)14(16(22)24-17)13-10(2)8-11(18)9-12(13)19;1-9(4,10)8-2-3(5,6)7;/h9-10H,4-8,11H2,1-3H3;8-9,21H,3-7H2,1-2H3;2H2,1H3;1H4. The van der Waals surface area contributed by atoms with Crippen molar-refractivity contribution in [2.75, 3.05) is 65.9 Å². The van der Waals surface area contributed by atoms with Crippen LogP contribution in [0.3, 0.4) is 0 Å². The first-order chi connectivity index (χ1) is 30.9. The monoisotopic (exact) mass is 1150 g/mol. The molecule has 2 aromatic rings. The number of aliphatic hydroxyl groups is 1. The van der Waals surface area contributed by atoms with E-state index in [4.69, 9.17) is 97.6 Å². The van der Waals surface area contributed by atoms with E-state index in [1.54, 1.807) is 37.1 Å². The summed E-state index contributed by atoms with van der Waals surface area (Å²) in [4.78, 5) is 36.6. The molecule has 27 heteroatoms. The Bertz CT molecular complexity index is 2280. The van der Waals surface area contributed by atoms with Crippen molar-refractivity contribution in [3.8, 4) is 0 Å². The SMILES string of the molecule is C.CCON1CCC2(CC1)OC(=O)C(c1c(C)cc(Cl)cc1Cl)=C2O.CCON1CCC2(CC1)OC(=O)C(c1c(C)cc(Cl)cc1Cl)=C2OP(C)(=S)OCC(F)(F)F.CP(=S)(Cl)OCC(F)(F)F. The second-order valence-electron chi connectivity index (χ2n) is 15.4. The van der Waals surface area contributed by atoms with Gasteiger partial charge >= 0.3 is 24.3 Å². The van der Waals surface area contributed by atoms with Gasteiger partial charge in [-0.05, 0) is 74.9 Å². The summed E-state index contributed by atoms with van der Waals surface area (Å²) in [6, 6.07) is 6.35. The number of rotatable bonds is 12. The number of piperidine rings is 2. The molecular formula is C41H51Cl5F6N2O10P2S2. The minimum Gasteiger partial charge on any atom is -0.507 e. The van der Waals surface area contributed by atoms with Gasteiger partial charge in [-0.1, -0.05) is 76.9 Å². The zero-order valence-corrected chi connectivity index (χ0v) is 43.9. The van der Waals surface area contributed by atoms with Crippen LogP contribution < -0.4 is 0 Å². The van der Waals surface area contributed by atoms with Gasteiger partial charge < -0.3 is 28.2 Å². The Kier molecular flexibility index (Phi) is 21.9. The smallest absolute Gasteiger partial charge is 0.412 e. The van der Waals surface area contributed by atoms with Crippen LogP contribution in [0.4, 0.5) is 26.3 Å². The molecule has 2 atom stereocenters. The summed E-state index contributed by atoms with van der Waals surface area (Å²) in [6.07, 6.45) is -7.41. The van der Waals surface area contributed by atoms with Gasteiger partial charge in [0.25, 0.3) is 0 Å². The van der Waals surface area contributed by atoms with Gasteiger partial charge in [-0.3, -0.25) is 9.68 Å². The van der Waals surface area contributed by atoms with Crippen LogP contribution in [-0.2, 0) is 65.9 Å². The normalized spacial score (nSPS) is 20.1. The second kappa shape index (κ2) is 24.5. The van der Waals surface area contributed by atoms with Crippen molar-refractivity contribution in [3.05, 3.63) is 78.1 Å². The van der Waals surface area contributed by atoms with E-state index in [0.29, 0.717) is 84.0 Å². The molecular weight excluding hydrogens is 1100 g/mol. The van der Waals surface area contributed by atoms with Gasteiger partial charge in [0.2, 0.25) is 6.49 Å². The van der Waals surface area contributed by atoms with Crippen LogP contribution >= 0.6 is 69.8 Å². The molecule has 2 spiro atoms. The van der Waals surface area contributed by atoms with E-state index in [1.165, 1.54) is 19.4 Å². The third kappa shape index (κ3) is 16.5. The van der Waals surface area contributed by atoms with Crippen LogP contribution in [0, 0.1) is 13.8 Å². The highest BCUT2D eigenvalue weighted by atomic mass is 35.7. The number of benzene rings is 2. The number of nitrogens with zero attached hydrogens (tertiary/aromatic N) is 2. The largest absolute Gasteiger partial charge is 0.507 e. The predicted octanol–water partition coefficient (Wildman–Crippen LogP) is 13.2. The lowest BCUT2D eigenvalue weighted by molar-refractivity contribution is -0.195. The van der Waals surface area contributed by atoms with Crippen LogP contribution in [0.5, 0.6) is 0 Å². The van der Waals surface area contributed by atoms with Crippen LogP contribution in [0.25, 0.3) is 11.1 Å². The fourth-order valence-corrected chi connectivity index (χ4v) is 10.8. The molecule has 4 aliphatic heterocycles. The zero-order chi connectivity index (χ0) is 50.5. The second-order valence-corrected chi connectivity index (χ2v) is 27.5. The molecule has 0 radical (unpaired) electrons. The number of carbonyl (C=O) groups is 2. The molecule has 4 aliphatic rings. The van der Waals surface area contributed by atoms with Gasteiger partial charge in [0.1, 0.15) is 23.4 Å². The number of hydroxylamine groups is 4. The van der Waals surface area contributed by atoms with Gasteiger partial charge in [-0.2, -0.15) is 36.5 Å². The molecule has 1 N–H and O–H groups in total. The summed E-state index contributed by atoms with van der Waals surface area (Å²) >= 11 is 39.7. The molecule has 2 fully saturated rings. The summed E-state index contributed by atoms with van der Waals surface area (Å²) < 4.78 is 98.9. The topological polar surface area (TPSA) is 125 Å². The fraction of sp³-hybridized carbons (Fsp3) is 0.561. The number of alkyl halides is 6. The molecule has 2 aromatic carbocycles. The lowest BCUT2D eigenvalue weighted by Gasteiger charge is -2.39. The van der Waals surface area contributed by atoms with Crippen molar-refractivity contribution >= 4 is 116 Å². The van der Waals surface area contributed by atoms with Gasteiger partial charge in [0.05, 0.1) is 23.3 Å². The van der Waals surface area contributed by atoms with Crippen LogP contribution in [-0.4, -0.2) is 117 Å². The Balaban J connectivity index is 0.000000306. The van der Waals surface area contributed by atoms with E-state index in [0.717, 1.165) is 5.56 Å². The first-order valence-electron chi connectivity index (χ1n) is 20.1. The third-order valence-electron chi connectivity index (χ3n) is 10.2. The molecule has 68 heavy (non-hydrogen) atoms. The maximum Gasteiger partial charge on any atom is 0.412 e. The summed E-state index contributed by atoms with van der Waals surface area (Å²) in [6.45, 7) is 6.44. The van der Waals surface area contributed by atoms with E-state index in [-0.39, 0.29) is 48.0 Å². The van der Waals surface area contributed by atoms with Crippen LogP contribution in [0.1, 0.15) is 69.2 Å². The number of esters is 2. The number of aryl methyl sites for hydroxylation is 2. The maximum absolute atomic E-state index is 13.1. The number of ether oxygens (including phenoxy) is 2. The van der Waals surface area contributed by atoms with Gasteiger partial charge in [0, 0.05) is 86.4 Å². The highest BCUT2D eigenvalue weighted by Crippen LogP contribution is 2.56. The van der Waals surface area contributed by atoms with E-state index < -0.39 is 60.8 Å². The van der Waals surface area contributed by atoms with Crippen LogP contribution in [0.15, 0.2) is 35.8 Å². The first kappa shape index (κ1) is 60.9. The van der Waals surface area contributed by atoms with E-state index in [9.17, 15) is 41.0 Å². The molecule has 0 saturated carbocycles. The molecule has 12 nitrogen and oxygen atoms in total. The lowest BCUT2D eigenvalue weighted by Crippen LogP contribution is -2.46. The third-order valence-corrected chi connectivity index (χ3v) is 14.0. The average Bonchev–Trinajstić information content (AvgIpc) is 3.57. The fourth-order valence-electron chi connectivity index (χ4n) is 7.36. The highest BCUT2D eigenvalue weighted by Gasteiger charge is 2.54. The summed E-state index contributed by atoms with van der Waals surface area (Å²) in [5.41, 5.74) is -2.63. The zero-order valence-electron chi connectivity index (χ0n) is 36.7. The number of halogens is 11. The quantitative estimate of drug-likeness (QED) is 0.123. The lowest BCUT2D eigenvalue weighted by atomic mass is 9.87. The number of aliphatic hydroxyl groups excluding tert-OH is 1.